The summed E-state index contributed by atoms with van der Waals surface area (Å²) in [5, 5.41) is 9.68. The van der Waals surface area contributed by atoms with E-state index in [2.05, 4.69) is 62.5 Å². The van der Waals surface area contributed by atoms with Gasteiger partial charge in [-0.25, -0.2) is 0 Å². The molecule has 0 bridgehead atoms. The minimum atomic E-state index is -0.768. The highest BCUT2D eigenvalue weighted by molar-refractivity contribution is 5.70. The predicted octanol–water partition coefficient (Wildman–Crippen LogP) is 22.0. The minimum Gasteiger partial charge on any atom is -0.462 e. The Morgan fingerprint density at radius 1 is 0.333 bits per heavy atom. The van der Waals surface area contributed by atoms with Crippen LogP contribution in [0.1, 0.15) is 348 Å². The van der Waals surface area contributed by atoms with E-state index >= 15 is 0 Å². The van der Waals surface area contributed by atoms with E-state index in [-0.39, 0.29) is 25.2 Å². The van der Waals surface area contributed by atoms with Gasteiger partial charge in [0.2, 0.25) is 0 Å². The van der Waals surface area contributed by atoms with Crippen LogP contribution in [-0.4, -0.2) is 36.4 Å². The van der Waals surface area contributed by atoms with Gasteiger partial charge in [0.25, 0.3) is 0 Å². The first-order chi connectivity index (χ1) is 35.6. The van der Waals surface area contributed by atoms with E-state index in [1.165, 1.54) is 263 Å². The molecular weight excluding hydrogens is 885 g/mol. The van der Waals surface area contributed by atoms with Crippen molar-refractivity contribution in [2.45, 2.75) is 354 Å². The molecule has 0 saturated carbocycles. The second kappa shape index (κ2) is 63.2. The number of ether oxygens (including phenoxy) is 2. The zero-order valence-electron chi connectivity index (χ0n) is 48.5. The summed E-state index contributed by atoms with van der Waals surface area (Å²) in [5.41, 5.74) is 0. The Balaban J connectivity index is 3.38. The van der Waals surface area contributed by atoms with Crippen molar-refractivity contribution in [1.29, 1.82) is 0 Å². The number of allylic oxidation sites excluding steroid dienone is 8. The Kier molecular flexibility index (Phi) is 61.3. The van der Waals surface area contributed by atoms with Crippen molar-refractivity contribution < 1.29 is 24.2 Å². The first-order valence-corrected chi connectivity index (χ1v) is 32.2. The summed E-state index contributed by atoms with van der Waals surface area (Å²) >= 11 is 0. The number of hydrogen-bond acceptors (Lipinski definition) is 5. The molecule has 0 aromatic heterocycles. The maximum atomic E-state index is 12.3. The molecule has 0 heterocycles. The van der Waals surface area contributed by atoms with Gasteiger partial charge < -0.3 is 14.6 Å². The average Bonchev–Trinajstić information content (AvgIpc) is 3.38. The molecule has 72 heavy (non-hydrogen) atoms. The van der Waals surface area contributed by atoms with E-state index in [4.69, 9.17) is 9.47 Å². The molecule has 1 unspecified atom stereocenters. The van der Waals surface area contributed by atoms with Gasteiger partial charge in [-0.3, -0.25) is 9.59 Å². The van der Waals surface area contributed by atoms with E-state index < -0.39 is 6.10 Å². The summed E-state index contributed by atoms with van der Waals surface area (Å²) in [6.07, 6.45) is 84.2. The van der Waals surface area contributed by atoms with Gasteiger partial charge in [-0.1, -0.05) is 332 Å². The lowest BCUT2D eigenvalue weighted by Crippen LogP contribution is -2.28. The fourth-order valence-electron chi connectivity index (χ4n) is 9.85. The molecule has 0 aliphatic heterocycles. The van der Waals surface area contributed by atoms with Crippen molar-refractivity contribution >= 4 is 11.9 Å². The van der Waals surface area contributed by atoms with E-state index in [1.54, 1.807) is 0 Å². The van der Waals surface area contributed by atoms with Gasteiger partial charge in [0.15, 0.2) is 6.10 Å². The molecule has 0 spiro atoms. The Morgan fingerprint density at radius 2 is 0.597 bits per heavy atom. The van der Waals surface area contributed by atoms with Crippen LogP contribution < -0.4 is 0 Å². The van der Waals surface area contributed by atoms with E-state index in [0.717, 1.165) is 57.8 Å². The molecule has 5 heteroatoms. The van der Waals surface area contributed by atoms with Gasteiger partial charge in [0.1, 0.15) is 6.61 Å². The Morgan fingerprint density at radius 3 is 0.903 bits per heavy atom. The molecule has 0 rings (SSSR count). The lowest BCUT2D eigenvalue weighted by atomic mass is 10.0. The van der Waals surface area contributed by atoms with Crippen LogP contribution in [-0.2, 0) is 19.1 Å². The van der Waals surface area contributed by atoms with Crippen molar-refractivity contribution in [3.8, 4) is 0 Å². The van der Waals surface area contributed by atoms with E-state index in [1.807, 2.05) is 0 Å². The van der Waals surface area contributed by atoms with Crippen molar-refractivity contribution in [3.63, 3.8) is 0 Å². The number of rotatable bonds is 60. The smallest absolute Gasteiger partial charge is 0.306 e. The molecule has 0 fully saturated rings. The second-order valence-electron chi connectivity index (χ2n) is 21.8. The third kappa shape index (κ3) is 60.4. The Hall–Kier alpha value is -2.14. The summed E-state index contributed by atoms with van der Waals surface area (Å²) in [5.74, 6) is -0.567. The SMILES string of the molecule is CC/C=C\C/C=C\C/C=C\C/C=C\CCCCCCCCCCCCCCCCCCCCCCCCCCC(=O)OC(CO)COC(=O)CCCCCCCCCCCCCCCCCCCCCCC. The molecule has 0 aliphatic carbocycles. The minimum absolute atomic E-state index is 0.0587. The van der Waals surface area contributed by atoms with Crippen LogP contribution in [0, 0.1) is 0 Å². The van der Waals surface area contributed by atoms with E-state index in [9.17, 15) is 14.7 Å². The number of aliphatic hydroxyl groups is 1. The Bertz CT molecular complexity index is 1190. The molecule has 422 valence electrons. The third-order valence-corrected chi connectivity index (χ3v) is 14.6. The molecule has 5 nitrogen and oxygen atoms in total. The fraction of sp³-hybridized carbons (Fsp3) is 0.851. The average molecular weight is 1010 g/mol. The van der Waals surface area contributed by atoms with Gasteiger partial charge in [-0.15, -0.1) is 0 Å². The highest BCUT2D eigenvalue weighted by atomic mass is 16.6. The molecule has 1 N–H and O–H groups in total. The number of unbranched alkanes of at least 4 members (excludes halogenated alkanes) is 44. The number of esters is 2. The summed E-state index contributed by atoms with van der Waals surface area (Å²) in [6.45, 7) is 4.08. The predicted molar refractivity (Wildman–Crippen MR) is 316 cm³/mol. The Labute approximate surface area is 449 Å². The maximum absolute atomic E-state index is 12.3. The highest BCUT2D eigenvalue weighted by Gasteiger charge is 2.16. The largest absolute Gasteiger partial charge is 0.462 e. The zero-order valence-corrected chi connectivity index (χ0v) is 48.5. The van der Waals surface area contributed by atoms with Gasteiger partial charge in [0, 0.05) is 12.8 Å². The van der Waals surface area contributed by atoms with Crippen LogP contribution in [0.15, 0.2) is 48.6 Å². The normalized spacial score (nSPS) is 12.4. The zero-order chi connectivity index (χ0) is 52.0. The summed E-state index contributed by atoms with van der Waals surface area (Å²) < 4.78 is 10.7. The highest BCUT2D eigenvalue weighted by Crippen LogP contribution is 2.18. The van der Waals surface area contributed by atoms with Gasteiger partial charge in [-0.2, -0.15) is 0 Å². The second-order valence-corrected chi connectivity index (χ2v) is 21.8. The lowest BCUT2D eigenvalue weighted by Gasteiger charge is -2.15. The lowest BCUT2D eigenvalue weighted by molar-refractivity contribution is -0.161. The van der Waals surface area contributed by atoms with E-state index in [0.29, 0.717) is 12.8 Å². The number of hydrogen-bond donors (Lipinski definition) is 1. The maximum Gasteiger partial charge on any atom is 0.306 e. The topological polar surface area (TPSA) is 72.8 Å². The van der Waals surface area contributed by atoms with Crippen LogP contribution in [0.2, 0.25) is 0 Å². The van der Waals surface area contributed by atoms with Crippen LogP contribution in [0.3, 0.4) is 0 Å². The summed E-state index contributed by atoms with van der Waals surface area (Å²) in [4.78, 5) is 24.6. The van der Waals surface area contributed by atoms with Crippen LogP contribution in [0.5, 0.6) is 0 Å². The third-order valence-electron chi connectivity index (χ3n) is 14.6. The standard InChI is InChI=1S/C67H124O5/c1-3-5-7-9-11-13-15-17-19-21-23-25-26-27-28-29-30-31-32-33-34-35-36-37-38-39-40-42-44-46-48-50-52-54-56-58-60-62-67(70)72-65(63-68)64-71-66(69)61-59-57-55-53-51-49-47-45-43-41-24-22-20-18-16-14-12-10-8-6-4-2/h5,7,11,13,17,19,23,25,65,68H,3-4,6,8-10,12,14-16,18,20-22,24,26-64H2,1-2H3/b7-5-,13-11-,19-17-,25-23-. The molecule has 0 aromatic rings. The van der Waals surface area contributed by atoms with Crippen LogP contribution in [0.4, 0.5) is 0 Å². The molecule has 0 aromatic carbocycles. The number of aliphatic hydroxyl groups excluding tert-OH is 1. The first kappa shape index (κ1) is 69.9. The van der Waals surface area contributed by atoms with Gasteiger partial charge in [-0.05, 0) is 51.4 Å². The molecule has 0 amide bonds. The fourth-order valence-corrected chi connectivity index (χ4v) is 9.85. The summed E-state index contributed by atoms with van der Waals surface area (Å²) in [7, 11) is 0. The van der Waals surface area contributed by atoms with Crippen LogP contribution >= 0.6 is 0 Å². The van der Waals surface area contributed by atoms with Gasteiger partial charge >= 0.3 is 11.9 Å². The molecule has 0 saturated heterocycles. The molecule has 0 aliphatic rings. The van der Waals surface area contributed by atoms with Crippen molar-refractivity contribution in [1.82, 2.24) is 0 Å². The monoisotopic (exact) mass is 1010 g/mol. The van der Waals surface area contributed by atoms with Crippen molar-refractivity contribution in [2.75, 3.05) is 13.2 Å². The quantitative estimate of drug-likeness (QED) is 0.0373. The molecule has 1 atom stereocenters. The first-order valence-electron chi connectivity index (χ1n) is 32.2. The summed E-state index contributed by atoms with van der Waals surface area (Å²) in [6, 6.07) is 0. The molecule has 0 radical (unpaired) electrons. The number of carbonyl (C=O) groups excluding carboxylic acids is 2. The van der Waals surface area contributed by atoms with Crippen molar-refractivity contribution in [3.05, 3.63) is 48.6 Å². The molecular formula is C67H124O5. The van der Waals surface area contributed by atoms with Crippen molar-refractivity contribution in [2.24, 2.45) is 0 Å². The van der Waals surface area contributed by atoms with Crippen LogP contribution in [0.25, 0.3) is 0 Å². The van der Waals surface area contributed by atoms with Gasteiger partial charge in [0.05, 0.1) is 6.61 Å². The number of carbonyl (C=O) groups is 2.